The number of halogens is 2. The van der Waals surface area contributed by atoms with Gasteiger partial charge in [0.05, 0.1) is 9.50 Å². The minimum Gasteiger partial charge on any atom is -0.356 e. The first-order chi connectivity index (χ1) is 8.08. The standard InChI is InChI=1S/C13H18BrClN2/c1-9-4-3-5-11(6-9)17(2)13-12(14)7-10(15)8-16-13/h7-9,11H,3-6H2,1-2H3. The van der Waals surface area contributed by atoms with Crippen molar-refractivity contribution in [2.75, 3.05) is 11.9 Å². The monoisotopic (exact) mass is 316 g/mol. The number of pyridine rings is 1. The highest BCUT2D eigenvalue weighted by Crippen LogP contribution is 2.32. The lowest BCUT2D eigenvalue weighted by Gasteiger charge is -2.35. The second-order valence-corrected chi connectivity index (χ2v) is 6.29. The van der Waals surface area contributed by atoms with Crippen molar-refractivity contribution in [3.63, 3.8) is 0 Å². The fourth-order valence-corrected chi connectivity index (χ4v) is 3.51. The van der Waals surface area contributed by atoms with Crippen LogP contribution in [0.25, 0.3) is 0 Å². The number of anilines is 1. The highest BCUT2D eigenvalue weighted by Gasteiger charge is 2.24. The van der Waals surface area contributed by atoms with E-state index in [1.807, 2.05) is 6.07 Å². The van der Waals surface area contributed by atoms with Gasteiger partial charge >= 0.3 is 0 Å². The molecule has 4 heteroatoms. The Morgan fingerprint density at radius 1 is 1.47 bits per heavy atom. The second kappa shape index (κ2) is 5.57. The molecule has 94 valence electrons. The van der Waals surface area contributed by atoms with Gasteiger partial charge in [0.25, 0.3) is 0 Å². The fraction of sp³-hybridized carbons (Fsp3) is 0.615. The predicted octanol–water partition coefficient (Wildman–Crippen LogP) is 4.51. The molecule has 0 aromatic carbocycles. The Hall–Kier alpha value is -0.280. The average Bonchev–Trinajstić information content (AvgIpc) is 2.28. The minimum atomic E-state index is 0.601. The fourth-order valence-electron chi connectivity index (χ4n) is 2.59. The second-order valence-electron chi connectivity index (χ2n) is 5.00. The first-order valence-corrected chi connectivity index (χ1v) is 7.29. The molecule has 1 fully saturated rings. The lowest BCUT2D eigenvalue weighted by molar-refractivity contribution is 0.335. The summed E-state index contributed by atoms with van der Waals surface area (Å²) in [5, 5.41) is 0.672. The molecule has 1 aliphatic carbocycles. The van der Waals surface area contributed by atoms with Crippen molar-refractivity contribution < 1.29 is 0 Å². The number of aromatic nitrogens is 1. The van der Waals surface area contributed by atoms with Crippen LogP contribution in [0.3, 0.4) is 0 Å². The first-order valence-electron chi connectivity index (χ1n) is 6.12. The molecule has 0 bridgehead atoms. The number of hydrogen-bond acceptors (Lipinski definition) is 2. The minimum absolute atomic E-state index is 0.601. The van der Waals surface area contributed by atoms with E-state index in [2.05, 4.69) is 39.8 Å². The topological polar surface area (TPSA) is 16.1 Å². The zero-order valence-corrected chi connectivity index (χ0v) is 12.6. The molecule has 0 saturated heterocycles. The van der Waals surface area contributed by atoms with E-state index in [1.54, 1.807) is 6.20 Å². The zero-order valence-electron chi connectivity index (χ0n) is 10.3. The first kappa shape index (κ1) is 13.2. The molecule has 2 atom stereocenters. The van der Waals surface area contributed by atoms with Crippen molar-refractivity contribution in [1.82, 2.24) is 4.98 Å². The van der Waals surface area contributed by atoms with Crippen LogP contribution < -0.4 is 4.90 Å². The Balaban J connectivity index is 2.15. The number of hydrogen-bond donors (Lipinski definition) is 0. The molecule has 0 aliphatic heterocycles. The maximum atomic E-state index is 5.92. The van der Waals surface area contributed by atoms with E-state index in [1.165, 1.54) is 25.7 Å². The van der Waals surface area contributed by atoms with Crippen molar-refractivity contribution in [2.24, 2.45) is 5.92 Å². The summed E-state index contributed by atoms with van der Waals surface area (Å²) in [6.07, 6.45) is 6.91. The molecule has 1 heterocycles. The van der Waals surface area contributed by atoms with Gasteiger partial charge in [0.1, 0.15) is 5.82 Å². The molecule has 0 N–H and O–H groups in total. The summed E-state index contributed by atoms with van der Waals surface area (Å²) in [6.45, 7) is 2.34. The van der Waals surface area contributed by atoms with Crippen molar-refractivity contribution in [3.8, 4) is 0 Å². The van der Waals surface area contributed by atoms with Gasteiger partial charge in [-0.15, -0.1) is 0 Å². The van der Waals surface area contributed by atoms with Crippen LogP contribution in [0.5, 0.6) is 0 Å². The molecule has 1 aliphatic rings. The van der Waals surface area contributed by atoms with Gasteiger partial charge in [0.2, 0.25) is 0 Å². The third-order valence-corrected chi connectivity index (χ3v) is 4.37. The summed E-state index contributed by atoms with van der Waals surface area (Å²) in [5.41, 5.74) is 0. The van der Waals surface area contributed by atoms with Crippen LogP contribution in [0.4, 0.5) is 5.82 Å². The third kappa shape index (κ3) is 3.14. The molecule has 2 nitrogen and oxygen atoms in total. The van der Waals surface area contributed by atoms with Crippen LogP contribution in [0.1, 0.15) is 32.6 Å². The molecule has 0 spiro atoms. The Bertz CT molecular complexity index is 397. The summed E-state index contributed by atoms with van der Waals surface area (Å²) < 4.78 is 0.978. The Kier molecular flexibility index (Phi) is 4.31. The molecule has 1 aromatic heterocycles. The van der Waals surface area contributed by atoms with Crippen molar-refractivity contribution in [3.05, 3.63) is 21.8 Å². The largest absolute Gasteiger partial charge is 0.356 e. The summed E-state index contributed by atoms with van der Waals surface area (Å²) in [7, 11) is 2.13. The van der Waals surface area contributed by atoms with Crippen LogP contribution in [-0.4, -0.2) is 18.1 Å². The summed E-state index contributed by atoms with van der Waals surface area (Å²) >= 11 is 9.46. The normalized spacial score (nSPS) is 24.7. The molecule has 1 saturated carbocycles. The van der Waals surface area contributed by atoms with Gasteiger partial charge in [-0.3, -0.25) is 0 Å². The Morgan fingerprint density at radius 3 is 2.88 bits per heavy atom. The van der Waals surface area contributed by atoms with E-state index in [9.17, 15) is 0 Å². The molecule has 0 amide bonds. The van der Waals surface area contributed by atoms with E-state index >= 15 is 0 Å². The Morgan fingerprint density at radius 2 is 2.24 bits per heavy atom. The van der Waals surface area contributed by atoms with Gasteiger partial charge in [-0.2, -0.15) is 0 Å². The maximum absolute atomic E-state index is 5.92. The third-order valence-electron chi connectivity index (χ3n) is 3.58. The number of nitrogens with zero attached hydrogens (tertiary/aromatic N) is 2. The van der Waals surface area contributed by atoms with Gasteiger partial charge in [0.15, 0.2) is 0 Å². The van der Waals surface area contributed by atoms with E-state index in [0.717, 1.165) is 16.2 Å². The molecule has 17 heavy (non-hydrogen) atoms. The lowest BCUT2D eigenvalue weighted by Crippen LogP contribution is -2.36. The molecule has 0 radical (unpaired) electrons. The van der Waals surface area contributed by atoms with E-state index in [-0.39, 0.29) is 0 Å². The van der Waals surface area contributed by atoms with Crippen LogP contribution in [-0.2, 0) is 0 Å². The highest BCUT2D eigenvalue weighted by atomic mass is 79.9. The molecule has 1 aromatic rings. The van der Waals surface area contributed by atoms with Gasteiger partial charge in [-0.05, 0) is 40.8 Å². The van der Waals surface area contributed by atoms with Crippen molar-refractivity contribution in [2.45, 2.75) is 38.6 Å². The van der Waals surface area contributed by atoms with E-state index in [0.29, 0.717) is 11.1 Å². The quantitative estimate of drug-likeness (QED) is 0.797. The van der Waals surface area contributed by atoms with Crippen LogP contribution in [0.2, 0.25) is 5.02 Å². The lowest BCUT2D eigenvalue weighted by atomic mass is 9.86. The van der Waals surface area contributed by atoms with Crippen LogP contribution in [0.15, 0.2) is 16.7 Å². The summed E-state index contributed by atoms with van der Waals surface area (Å²) in [6, 6.07) is 2.51. The Labute approximate surface area is 116 Å². The van der Waals surface area contributed by atoms with E-state index in [4.69, 9.17) is 11.6 Å². The molecular weight excluding hydrogens is 300 g/mol. The van der Waals surface area contributed by atoms with Crippen LogP contribution in [0, 0.1) is 5.92 Å². The number of rotatable bonds is 2. The molecule has 2 unspecified atom stereocenters. The summed E-state index contributed by atoms with van der Waals surface area (Å²) in [5.74, 6) is 1.82. The molecule has 2 rings (SSSR count). The van der Waals surface area contributed by atoms with Gasteiger partial charge in [-0.25, -0.2) is 4.98 Å². The van der Waals surface area contributed by atoms with Crippen molar-refractivity contribution >= 4 is 33.3 Å². The predicted molar refractivity (Wildman–Crippen MR) is 76.8 cm³/mol. The van der Waals surface area contributed by atoms with Gasteiger partial charge < -0.3 is 4.90 Å². The zero-order chi connectivity index (χ0) is 12.4. The maximum Gasteiger partial charge on any atom is 0.142 e. The summed E-state index contributed by atoms with van der Waals surface area (Å²) in [4.78, 5) is 6.71. The highest BCUT2D eigenvalue weighted by molar-refractivity contribution is 9.10. The smallest absolute Gasteiger partial charge is 0.142 e. The SMILES string of the molecule is CC1CCCC(N(C)c2ncc(Cl)cc2Br)C1. The van der Waals surface area contributed by atoms with Crippen molar-refractivity contribution in [1.29, 1.82) is 0 Å². The van der Waals surface area contributed by atoms with E-state index < -0.39 is 0 Å². The van der Waals surface area contributed by atoms with Gasteiger partial charge in [-0.1, -0.05) is 31.4 Å². The van der Waals surface area contributed by atoms with Crippen LogP contribution >= 0.6 is 27.5 Å². The van der Waals surface area contributed by atoms with Gasteiger partial charge in [0, 0.05) is 19.3 Å². The molecular formula is C13H18BrClN2. The average molecular weight is 318 g/mol.